The van der Waals surface area contributed by atoms with Crippen LogP contribution >= 0.6 is 23.2 Å². The molecular formula is C14H12Cl2F2N2O2. The van der Waals surface area contributed by atoms with Crippen LogP contribution in [0.3, 0.4) is 0 Å². The lowest BCUT2D eigenvalue weighted by atomic mass is 10.0. The molecule has 2 rings (SSSR count). The smallest absolute Gasteiger partial charge is 0.388 e. The third-order valence-electron chi connectivity index (χ3n) is 2.89. The standard InChI is InChI=1S/C14H12Cl2F2N2O2/c1-3-6-21-14(16)5-4-10(15)9(8-14)11-7-12(20(2)19-11)22-13(17)18/h1,4,7-8,13H,5-6H2,2H3. The van der Waals surface area contributed by atoms with Gasteiger partial charge in [0.25, 0.3) is 0 Å². The van der Waals surface area contributed by atoms with Crippen molar-refractivity contribution in [3.63, 3.8) is 0 Å². The highest BCUT2D eigenvalue weighted by Gasteiger charge is 2.31. The minimum Gasteiger partial charge on any atom is -0.417 e. The van der Waals surface area contributed by atoms with Gasteiger partial charge in [0.1, 0.15) is 6.61 Å². The zero-order valence-corrected chi connectivity index (χ0v) is 13.0. The van der Waals surface area contributed by atoms with E-state index in [2.05, 4.69) is 15.8 Å². The minimum atomic E-state index is -2.94. The predicted molar refractivity (Wildman–Crippen MR) is 79.7 cm³/mol. The summed E-state index contributed by atoms with van der Waals surface area (Å²) in [6.45, 7) is -2.92. The van der Waals surface area contributed by atoms with Gasteiger partial charge in [-0.2, -0.15) is 13.9 Å². The molecular weight excluding hydrogens is 337 g/mol. The highest BCUT2D eigenvalue weighted by molar-refractivity contribution is 6.38. The van der Waals surface area contributed by atoms with Crippen LogP contribution in [-0.2, 0) is 11.8 Å². The maximum atomic E-state index is 12.3. The molecule has 0 bridgehead atoms. The topological polar surface area (TPSA) is 36.3 Å². The summed E-state index contributed by atoms with van der Waals surface area (Å²) >= 11 is 12.5. The van der Waals surface area contributed by atoms with Crippen LogP contribution in [0.15, 0.2) is 23.3 Å². The van der Waals surface area contributed by atoms with Crippen molar-refractivity contribution in [1.82, 2.24) is 9.78 Å². The number of rotatable bonds is 5. The van der Waals surface area contributed by atoms with Crippen LogP contribution < -0.4 is 4.74 Å². The second kappa shape index (κ2) is 6.69. The Bertz CT molecular complexity index is 664. The highest BCUT2D eigenvalue weighted by atomic mass is 35.5. The molecule has 0 saturated carbocycles. The van der Waals surface area contributed by atoms with E-state index in [0.29, 0.717) is 22.7 Å². The van der Waals surface area contributed by atoms with E-state index >= 15 is 0 Å². The van der Waals surface area contributed by atoms with Crippen molar-refractivity contribution in [2.75, 3.05) is 6.61 Å². The average Bonchev–Trinajstić information content (AvgIpc) is 2.80. The fraction of sp³-hybridized carbons (Fsp3) is 0.357. The van der Waals surface area contributed by atoms with E-state index in [9.17, 15) is 8.78 Å². The van der Waals surface area contributed by atoms with E-state index in [-0.39, 0.29) is 12.5 Å². The number of nitrogens with zero attached hydrogens (tertiary/aromatic N) is 2. The van der Waals surface area contributed by atoms with Gasteiger partial charge in [-0.3, -0.25) is 0 Å². The molecule has 4 nitrogen and oxygen atoms in total. The Balaban J connectivity index is 2.33. The maximum Gasteiger partial charge on any atom is 0.388 e. The summed E-state index contributed by atoms with van der Waals surface area (Å²) in [6, 6.07) is 1.35. The van der Waals surface area contributed by atoms with Crippen LogP contribution in [0, 0.1) is 12.3 Å². The molecule has 1 aromatic rings. The summed E-state index contributed by atoms with van der Waals surface area (Å²) in [7, 11) is 1.48. The summed E-state index contributed by atoms with van der Waals surface area (Å²) in [6.07, 6.45) is 8.69. The molecule has 0 aromatic carbocycles. The number of hydrogen-bond donors (Lipinski definition) is 0. The predicted octanol–water partition coefficient (Wildman–Crippen LogP) is 3.52. The highest BCUT2D eigenvalue weighted by Crippen LogP contribution is 2.39. The number of allylic oxidation sites excluding steroid dienone is 2. The number of terminal acetylenes is 1. The van der Waals surface area contributed by atoms with Gasteiger partial charge in [0, 0.05) is 30.1 Å². The third-order valence-corrected chi connectivity index (χ3v) is 3.63. The number of ether oxygens (including phenoxy) is 2. The van der Waals surface area contributed by atoms with E-state index in [0.717, 1.165) is 0 Å². The van der Waals surface area contributed by atoms with Crippen LogP contribution in [-0.4, -0.2) is 28.1 Å². The lowest BCUT2D eigenvalue weighted by molar-refractivity contribution is -0.0553. The summed E-state index contributed by atoms with van der Waals surface area (Å²) < 4.78 is 35.6. The zero-order valence-electron chi connectivity index (χ0n) is 11.5. The van der Waals surface area contributed by atoms with Gasteiger partial charge in [-0.05, 0) is 6.08 Å². The lowest BCUT2D eigenvalue weighted by Crippen LogP contribution is -2.25. The molecule has 0 amide bonds. The van der Waals surface area contributed by atoms with Gasteiger partial charge in [0.15, 0.2) is 5.06 Å². The second-order valence-corrected chi connectivity index (χ2v) is 5.51. The van der Waals surface area contributed by atoms with Crippen molar-refractivity contribution in [2.24, 2.45) is 7.05 Å². The summed E-state index contributed by atoms with van der Waals surface area (Å²) in [5.74, 6) is 2.24. The lowest BCUT2D eigenvalue weighted by Gasteiger charge is -2.26. The fourth-order valence-corrected chi connectivity index (χ4v) is 2.39. The van der Waals surface area contributed by atoms with Gasteiger partial charge in [0.2, 0.25) is 5.88 Å². The van der Waals surface area contributed by atoms with Crippen LogP contribution in [0.1, 0.15) is 12.1 Å². The molecule has 0 radical (unpaired) electrons. The van der Waals surface area contributed by atoms with Crippen LogP contribution in [0.4, 0.5) is 8.78 Å². The summed E-state index contributed by atoms with van der Waals surface area (Å²) in [4.78, 5) is 0. The first kappa shape index (κ1) is 16.8. The largest absolute Gasteiger partial charge is 0.417 e. The molecule has 1 aliphatic rings. The summed E-state index contributed by atoms with van der Waals surface area (Å²) in [5, 5.41) is 3.33. The Morgan fingerprint density at radius 1 is 1.59 bits per heavy atom. The maximum absolute atomic E-state index is 12.3. The van der Waals surface area contributed by atoms with Crippen molar-refractivity contribution in [3.8, 4) is 18.2 Å². The van der Waals surface area contributed by atoms with Crippen molar-refractivity contribution < 1.29 is 18.3 Å². The molecule has 0 saturated heterocycles. The number of halogens is 4. The molecule has 22 heavy (non-hydrogen) atoms. The van der Waals surface area contributed by atoms with Crippen molar-refractivity contribution in [1.29, 1.82) is 0 Å². The molecule has 118 valence electrons. The number of alkyl halides is 3. The number of hydrogen-bond acceptors (Lipinski definition) is 3. The van der Waals surface area contributed by atoms with Crippen LogP contribution in [0.5, 0.6) is 5.88 Å². The number of aromatic nitrogens is 2. The van der Waals surface area contributed by atoms with E-state index in [1.54, 1.807) is 12.2 Å². The Morgan fingerprint density at radius 2 is 2.32 bits per heavy atom. The number of aryl methyl sites for hydroxylation is 1. The van der Waals surface area contributed by atoms with Crippen molar-refractivity contribution in [2.45, 2.75) is 18.1 Å². The SMILES string of the molecule is C#CCOC1(Cl)C=C(c2cc(OC(F)F)n(C)n2)C(Cl)=CC1. The first-order valence-corrected chi connectivity index (χ1v) is 6.94. The van der Waals surface area contributed by atoms with E-state index in [4.69, 9.17) is 34.4 Å². The Morgan fingerprint density at radius 3 is 2.95 bits per heavy atom. The monoisotopic (exact) mass is 348 g/mol. The van der Waals surface area contributed by atoms with Gasteiger partial charge in [-0.25, -0.2) is 4.68 Å². The first-order valence-electron chi connectivity index (χ1n) is 6.19. The third kappa shape index (κ3) is 3.80. The Labute approximate surface area is 136 Å². The van der Waals surface area contributed by atoms with Crippen molar-refractivity contribution in [3.05, 3.63) is 28.9 Å². The quantitative estimate of drug-likeness (QED) is 0.603. The summed E-state index contributed by atoms with van der Waals surface area (Å²) in [5.41, 5.74) is 0.799. The molecule has 1 aliphatic carbocycles. The minimum absolute atomic E-state index is 0.0285. The average molecular weight is 349 g/mol. The van der Waals surface area contributed by atoms with Gasteiger partial charge >= 0.3 is 6.61 Å². The Hall–Kier alpha value is -1.55. The molecule has 0 spiro atoms. The van der Waals surface area contributed by atoms with Crippen LogP contribution in [0.2, 0.25) is 0 Å². The zero-order chi connectivity index (χ0) is 16.3. The molecule has 1 atom stereocenters. The van der Waals surface area contributed by atoms with Crippen molar-refractivity contribution >= 4 is 28.8 Å². The van der Waals surface area contributed by atoms with Gasteiger partial charge in [0.05, 0.1) is 5.69 Å². The molecule has 0 fully saturated rings. The fourth-order valence-electron chi connectivity index (χ4n) is 1.92. The molecule has 1 unspecified atom stereocenters. The van der Waals surface area contributed by atoms with E-state index in [1.165, 1.54) is 17.8 Å². The van der Waals surface area contributed by atoms with E-state index in [1.807, 2.05) is 0 Å². The second-order valence-electron chi connectivity index (χ2n) is 4.46. The van der Waals surface area contributed by atoms with Gasteiger partial charge in [-0.1, -0.05) is 35.2 Å². The van der Waals surface area contributed by atoms with Gasteiger partial charge < -0.3 is 9.47 Å². The molecule has 1 heterocycles. The van der Waals surface area contributed by atoms with Gasteiger partial charge in [-0.15, -0.1) is 6.42 Å². The Kier molecular flexibility index (Phi) is 5.12. The first-order chi connectivity index (χ1) is 10.3. The normalized spacial score (nSPS) is 21.3. The molecule has 8 heteroatoms. The molecule has 0 aliphatic heterocycles. The van der Waals surface area contributed by atoms with Crippen LogP contribution in [0.25, 0.3) is 5.57 Å². The molecule has 1 aromatic heterocycles. The van der Waals surface area contributed by atoms with E-state index < -0.39 is 11.7 Å². The molecule has 0 N–H and O–H groups in total.